The number of carbonyl (C=O) groups excluding carboxylic acids is 2. The van der Waals surface area contributed by atoms with Crippen LogP contribution in [0.1, 0.15) is 25.8 Å². The fourth-order valence-corrected chi connectivity index (χ4v) is 3.66. The van der Waals surface area contributed by atoms with Gasteiger partial charge in [0.15, 0.2) is 0 Å². The summed E-state index contributed by atoms with van der Waals surface area (Å²) < 4.78 is 5.46. The van der Waals surface area contributed by atoms with E-state index in [9.17, 15) is 9.59 Å². The van der Waals surface area contributed by atoms with Gasteiger partial charge in [-0.1, -0.05) is 32.0 Å². The van der Waals surface area contributed by atoms with Gasteiger partial charge in [0.25, 0.3) is 11.8 Å². The van der Waals surface area contributed by atoms with Crippen LogP contribution < -0.4 is 4.74 Å². The van der Waals surface area contributed by atoms with Crippen LogP contribution in [0.5, 0.6) is 5.75 Å². The summed E-state index contributed by atoms with van der Waals surface area (Å²) in [7, 11) is 1.59. The zero-order valence-corrected chi connectivity index (χ0v) is 15.8. The highest BCUT2D eigenvalue weighted by Gasteiger charge is 2.42. The second kappa shape index (κ2) is 7.91. The number of benzene rings is 1. The van der Waals surface area contributed by atoms with Crippen LogP contribution in [-0.2, 0) is 9.59 Å². The van der Waals surface area contributed by atoms with Crippen LogP contribution in [0.2, 0.25) is 0 Å². The van der Waals surface area contributed by atoms with E-state index in [2.05, 4.69) is 16.7 Å². The zero-order chi connectivity index (χ0) is 18.7. The molecule has 0 atom stereocenters. The van der Waals surface area contributed by atoms with E-state index < -0.39 is 0 Å². The first-order valence-corrected chi connectivity index (χ1v) is 9.33. The van der Waals surface area contributed by atoms with Crippen LogP contribution in [-0.4, -0.2) is 72.9 Å². The Morgan fingerprint density at radius 2 is 1.69 bits per heavy atom. The molecule has 6 nitrogen and oxygen atoms in total. The van der Waals surface area contributed by atoms with Crippen LogP contribution >= 0.6 is 0 Å². The first-order valence-electron chi connectivity index (χ1n) is 9.33. The molecule has 1 fully saturated rings. The summed E-state index contributed by atoms with van der Waals surface area (Å²) >= 11 is 0. The molecule has 3 rings (SSSR count). The van der Waals surface area contributed by atoms with Gasteiger partial charge in [0.2, 0.25) is 0 Å². The summed E-state index contributed by atoms with van der Waals surface area (Å²) in [6, 6.07) is 7.43. The molecule has 0 aliphatic carbocycles. The smallest absolute Gasteiger partial charge is 0.277 e. The van der Waals surface area contributed by atoms with Gasteiger partial charge in [-0.05, 0) is 19.0 Å². The summed E-state index contributed by atoms with van der Waals surface area (Å²) in [6.45, 7) is 8.85. The minimum absolute atomic E-state index is 0.178. The Hall–Kier alpha value is -2.34. The average molecular weight is 357 g/mol. The normalized spacial score (nSPS) is 18.9. The minimum atomic E-state index is -0.214. The van der Waals surface area contributed by atoms with E-state index in [1.54, 1.807) is 7.11 Å². The fraction of sp³-hybridized carbons (Fsp3) is 0.500. The predicted octanol–water partition coefficient (Wildman–Crippen LogP) is 1.82. The van der Waals surface area contributed by atoms with Crippen molar-refractivity contribution < 1.29 is 14.3 Å². The van der Waals surface area contributed by atoms with E-state index in [4.69, 9.17) is 4.74 Å². The highest BCUT2D eigenvalue weighted by molar-refractivity contribution is 6.36. The van der Waals surface area contributed by atoms with Gasteiger partial charge in [-0.3, -0.25) is 14.5 Å². The molecule has 1 saturated heterocycles. The van der Waals surface area contributed by atoms with Gasteiger partial charge in [-0.15, -0.1) is 0 Å². The topological polar surface area (TPSA) is 53.1 Å². The molecule has 26 heavy (non-hydrogen) atoms. The Balaban J connectivity index is 2.05. The van der Waals surface area contributed by atoms with Crippen molar-refractivity contribution in [1.29, 1.82) is 0 Å². The number of ether oxygens (including phenoxy) is 1. The molecule has 2 heterocycles. The molecule has 1 aromatic rings. The SMILES string of the molecule is CCCN1C(=O)C(c2ccccc2OC)=C(N2CCN(CC)CC2)C1=O. The highest BCUT2D eigenvalue weighted by Crippen LogP contribution is 2.36. The van der Waals surface area contributed by atoms with Crippen LogP contribution in [0, 0.1) is 0 Å². The number of hydrogen-bond donors (Lipinski definition) is 0. The largest absolute Gasteiger partial charge is 0.496 e. The number of methoxy groups -OCH3 is 1. The Labute approximate surface area is 155 Å². The van der Waals surface area contributed by atoms with Crippen LogP contribution in [0.4, 0.5) is 0 Å². The van der Waals surface area contributed by atoms with Crippen molar-refractivity contribution in [3.8, 4) is 5.75 Å². The number of rotatable bonds is 6. The molecule has 0 bridgehead atoms. The van der Waals surface area contributed by atoms with E-state index >= 15 is 0 Å². The van der Waals surface area contributed by atoms with Gasteiger partial charge in [0.05, 0.1) is 12.7 Å². The van der Waals surface area contributed by atoms with Crippen molar-refractivity contribution in [3.05, 3.63) is 35.5 Å². The van der Waals surface area contributed by atoms with Crippen molar-refractivity contribution in [1.82, 2.24) is 14.7 Å². The van der Waals surface area contributed by atoms with Crippen molar-refractivity contribution in [2.75, 3.05) is 46.4 Å². The molecule has 2 aliphatic rings. The molecule has 6 heteroatoms. The maximum absolute atomic E-state index is 13.1. The maximum Gasteiger partial charge on any atom is 0.277 e. The number of imide groups is 1. The second-order valence-corrected chi connectivity index (χ2v) is 6.61. The molecule has 0 spiro atoms. The van der Waals surface area contributed by atoms with E-state index in [-0.39, 0.29) is 11.8 Å². The third kappa shape index (κ3) is 3.21. The monoisotopic (exact) mass is 357 g/mol. The van der Waals surface area contributed by atoms with Crippen molar-refractivity contribution >= 4 is 17.4 Å². The summed E-state index contributed by atoms with van der Waals surface area (Å²) in [5.41, 5.74) is 1.70. The van der Waals surface area contributed by atoms with Crippen LogP contribution in [0.3, 0.4) is 0 Å². The van der Waals surface area contributed by atoms with Gasteiger partial charge in [0.1, 0.15) is 11.4 Å². The quantitative estimate of drug-likeness (QED) is 0.727. The summed E-state index contributed by atoms with van der Waals surface area (Å²) in [6.07, 6.45) is 0.744. The average Bonchev–Trinajstić information content (AvgIpc) is 2.93. The number of carbonyl (C=O) groups is 2. The summed E-state index contributed by atoms with van der Waals surface area (Å²) in [5.74, 6) is 0.226. The lowest BCUT2D eigenvalue weighted by Crippen LogP contribution is -2.47. The van der Waals surface area contributed by atoms with Crippen LogP contribution in [0.25, 0.3) is 5.57 Å². The van der Waals surface area contributed by atoms with Gasteiger partial charge in [-0.25, -0.2) is 0 Å². The molecule has 0 saturated carbocycles. The van der Waals surface area contributed by atoms with Crippen molar-refractivity contribution in [2.24, 2.45) is 0 Å². The molecule has 2 aliphatic heterocycles. The molecular formula is C20H27N3O3. The van der Waals surface area contributed by atoms with Gasteiger partial charge in [0, 0.05) is 38.3 Å². The van der Waals surface area contributed by atoms with Gasteiger partial charge < -0.3 is 14.5 Å². The highest BCUT2D eigenvalue weighted by atomic mass is 16.5. The Morgan fingerprint density at radius 3 is 2.31 bits per heavy atom. The summed E-state index contributed by atoms with van der Waals surface area (Å²) in [4.78, 5) is 32.0. The number of likely N-dealkylation sites (N-methyl/N-ethyl adjacent to an activating group) is 1. The first-order chi connectivity index (χ1) is 12.6. The lowest BCUT2D eigenvalue weighted by molar-refractivity contribution is -0.137. The second-order valence-electron chi connectivity index (χ2n) is 6.61. The Kier molecular flexibility index (Phi) is 5.61. The maximum atomic E-state index is 13.1. The van der Waals surface area contributed by atoms with E-state index in [0.717, 1.165) is 39.1 Å². The molecule has 0 N–H and O–H groups in total. The molecule has 0 unspecified atom stereocenters. The van der Waals surface area contributed by atoms with Gasteiger partial charge in [-0.2, -0.15) is 0 Å². The number of amides is 2. The minimum Gasteiger partial charge on any atom is -0.496 e. The predicted molar refractivity (Wildman–Crippen MR) is 101 cm³/mol. The van der Waals surface area contributed by atoms with E-state index in [1.165, 1.54) is 4.90 Å². The zero-order valence-electron chi connectivity index (χ0n) is 15.8. The van der Waals surface area contributed by atoms with E-state index in [0.29, 0.717) is 29.1 Å². The first kappa shape index (κ1) is 18.5. The molecule has 0 radical (unpaired) electrons. The molecule has 0 aromatic heterocycles. The number of hydrogen-bond acceptors (Lipinski definition) is 5. The lowest BCUT2D eigenvalue weighted by atomic mass is 10.0. The third-order valence-electron chi connectivity index (χ3n) is 5.10. The Morgan fingerprint density at radius 1 is 1.00 bits per heavy atom. The fourth-order valence-electron chi connectivity index (χ4n) is 3.66. The van der Waals surface area contributed by atoms with Crippen molar-refractivity contribution in [3.63, 3.8) is 0 Å². The van der Waals surface area contributed by atoms with Crippen molar-refractivity contribution in [2.45, 2.75) is 20.3 Å². The molecule has 1 aromatic carbocycles. The molecule has 140 valence electrons. The molecular weight excluding hydrogens is 330 g/mol. The number of piperazine rings is 1. The van der Waals surface area contributed by atoms with E-state index in [1.807, 2.05) is 31.2 Å². The number of para-hydroxylation sites is 1. The lowest BCUT2D eigenvalue weighted by Gasteiger charge is -2.36. The number of nitrogens with zero attached hydrogens (tertiary/aromatic N) is 3. The summed E-state index contributed by atoms with van der Waals surface area (Å²) in [5, 5.41) is 0. The standard InChI is InChI=1S/C20H27N3O3/c1-4-10-23-19(24)17(15-8-6-7-9-16(15)26-3)18(20(23)25)22-13-11-21(5-2)12-14-22/h6-9H,4-5,10-14H2,1-3H3. The third-order valence-corrected chi connectivity index (χ3v) is 5.10. The Bertz CT molecular complexity index is 721. The van der Waals surface area contributed by atoms with Crippen LogP contribution in [0.15, 0.2) is 30.0 Å². The molecule has 2 amide bonds. The van der Waals surface area contributed by atoms with Gasteiger partial charge >= 0.3 is 0 Å².